The van der Waals surface area contributed by atoms with Gasteiger partial charge in [0.25, 0.3) is 0 Å². The summed E-state index contributed by atoms with van der Waals surface area (Å²) in [6, 6.07) is -1.61. The zero-order valence-corrected chi connectivity index (χ0v) is 13.5. The van der Waals surface area contributed by atoms with Crippen molar-refractivity contribution in [1.29, 1.82) is 0 Å². The fourth-order valence-electron chi connectivity index (χ4n) is 2.01. The Bertz CT molecular complexity index is 519. The summed E-state index contributed by atoms with van der Waals surface area (Å²) in [6.45, 7) is 5.17. The van der Waals surface area contributed by atoms with Gasteiger partial charge in [-0.15, -0.1) is 0 Å². The highest BCUT2D eigenvalue weighted by Gasteiger charge is 2.44. The fraction of sp³-hybridized carbons (Fsp3) is 0.643. The van der Waals surface area contributed by atoms with Crippen LogP contribution in [0, 0.1) is 0 Å². The highest BCUT2D eigenvalue weighted by atomic mass is 16.2. The predicted octanol–water partition coefficient (Wildman–Crippen LogP) is -0.782. The Balaban J connectivity index is 2.60. The van der Waals surface area contributed by atoms with Gasteiger partial charge >= 0.3 is 17.8 Å². The predicted molar refractivity (Wildman–Crippen MR) is 80.0 cm³/mol. The van der Waals surface area contributed by atoms with Crippen LogP contribution in [0.2, 0.25) is 0 Å². The number of nitrogens with zero attached hydrogens (tertiary/aromatic N) is 2. The first-order valence-corrected chi connectivity index (χ1v) is 7.57. The number of imide groups is 2. The summed E-state index contributed by atoms with van der Waals surface area (Å²) >= 11 is 0. The van der Waals surface area contributed by atoms with Crippen LogP contribution >= 0.6 is 0 Å². The second-order valence-electron chi connectivity index (χ2n) is 5.21. The average Bonchev–Trinajstić information content (AvgIpc) is 2.70. The SMILES string of the molecule is CCCNC(=O)[C@@H](C)NC(=O)CN1C(=O)C(=O)N(CCC)C1=O. The van der Waals surface area contributed by atoms with E-state index in [1.165, 1.54) is 6.92 Å². The Kier molecular flexibility index (Phi) is 6.67. The molecule has 1 fully saturated rings. The molecule has 0 bridgehead atoms. The largest absolute Gasteiger partial charge is 0.354 e. The summed E-state index contributed by atoms with van der Waals surface area (Å²) in [6.07, 6.45) is 1.28. The molecule has 0 saturated carbocycles. The summed E-state index contributed by atoms with van der Waals surface area (Å²) in [5.74, 6) is -3.00. The van der Waals surface area contributed by atoms with E-state index in [0.717, 1.165) is 11.3 Å². The molecule has 0 aliphatic carbocycles. The van der Waals surface area contributed by atoms with Crippen LogP contribution in [0.25, 0.3) is 0 Å². The summed E-state index contributed by atoms with van der Waals surface area (Å²) in [5.41, 5.74) is 0. The molecule has 1 rings (SSSR count). The molecular weight excluding hydrogens is 304 g/mol. The van der Waals surface area contributed by atoms with E-state index in [-0.39, 0.29) is 12.5 Å². The molecular formula is C14H22N4O5. The van der Waals surface area contributed by atoms with E-state index in [9.17, 15) is 24.0 Å². The highest BCUT2D eigenvalue weighted by molar-refractivity contribution is 6.45. The Morgan fingerprint density at radius 3 is 2.22 bits per heavy atom. The smallest absolute Gasteiger partial charge is 0.334 e. The summed E-state index contributed by atoms with van der Waals surface area (Å²) in [5, 5.41) is 5.01. The van der Waals surface area contributed by atoms with Crippen molar-refractivity contribution in [2.24, 2.45) is 0 Å². The lowest BCUT2D eigenvalue weighted by molar-refractivity contribution is -0.144. The van der Waals surface area contributed by atoms with Gasteiger partial charge in [-0.1, -0.05) is 13.8 Å². The van der Waals surface area contributed by atoms with E-state index in [4.69, 9.17) is 0 Å². The first kappa shape index (κ1) is 18.6. The molecule has 128 valence electrons. The number of rotatable bonds is 8. The van der Waals surface area contributed by atoms with Gasteiger partial charge in [0.15, 0.2) is 0 Å². The molecule has 0 aromatic rings. The Labute approximate surface area is 134 Å². The summed E-state index contributed by atoms with van der Waals surface area (Å²) < 4.78 is 0. The Morgan fingerprint density at radius 1 is 1.04 bits per heavy atom. The van der Waals surface area contributed by atoms with E-state index in [1.54, 1.807) is 6.92 Å². The van der Waals surface area contributed by atoms with Gasteiger partial charge in [-0.2, -0.15) is 0 Å². The molecule has 1 saturated heterocycles. The second kappa shape index (κ2) is 8.25. The molecule has 1 aliphatic heterocycles. The van der Waals surface area contributed by atoms with Gasteiger partial charge < -0.3 is 10.6 Å². The molecule has 6 amide bonds. The molecule has 0 unspecified atom stereocenters. The topological polar surface area (TPSA) is 116 Å². The number of urea groups is 1. The molecule has 1 heterocycles. The molecule has 2 N–H and O–H groups in total. The van der Waals surface area contributed by atoms with Crippen LogP contribution in [0.5, 0.6) is 0 Å². The number of nitrogens with one attached hydrogen (secondary N) is 2. The van der Waals surface area contributed by atoms with Gasteiger partial charge in [0.05, 0.1) is 0 Å². The maximum absolute atomic E-state index is 12.0. The second-order valence-corrected chi connectivity index (χ2v) is 5.21. The van der Waals surface area contributed by atoms with Crippen molar-refractivity contribution < 1.29 is 24.0 Å². The van der Waals surface area contributed by atoms with E-state index < -0.39 is 36.3 Å². The van der Waals surface area contributed by atoms with E-state index in [1.807, 2.05) is 6.92 Å². The van der Waals surface area contributed by atoms with Crippen LogP contribution in [0.1, 0.15) is 33.6 Å². The van der Waals surface area contributed by atoms with Crippen molar-refractivity contribution >= 4 is 29.7 Å². The van der Waals surface area contributed by atoms with Crippen LogP contribution < -0.4 is 10.6 Å². The minimum Gasteiger partial charge on any atom is -0.354 e. The van der Waals surface area contributed by atoms with Gasteiger partial charge in [0.1, 0.15) is 12.6 Å². The Morgan fingerprint density at radius 2 is 1.65 bits per heavy atom. The summed E-state index contributed by atoms with van der Waals surface area (Å²) in [4.78, 5) is 60.3. The van der Waals surface area contributed by atoms with Crippen molar-refractivity contribution in [3.8, 4) is 0 Å². The number of carbonyl (C=O) groups is 5. The van der Waals surface area contributed by atoms with Gasteiger partial charge in [-0.05, 0) is 19.8 Å². The first-order valence-electron chi connectivity index (χ1n) is 7.57. The minimum absolute atomic E-state index is 0.122. The third-order valence-electron chi connectivity index (χ3n) is 3.20. The quantitative estimate of drug-likeness (QED) is 0.448. The van der Waals surface area contributed by atoms with Crippen molar-refractivity contribution in [2.75, 3.05) is 19.6 Å². The summed E-state index contributed by atoms with van der Waals surface area (Å²) in [7, 11) is 0. The molecule has 0 aromatic carbocycles. The van der Waals surface area contributed by atoms with Gasteiger partial charge in [-0.3, -0.25) is 24.1 Å². The van der Waals surface area contributed by atoms with E-state index in [2.05, 4.69) is 10.6 Å². The lowest BCUT2D eigenvalue weighted by Gasteiger charge is -2.17. The molecule has 0 spiro atoms. The molecule has 0 aromatic heterocycles. The lowest BCUT2D eigenvalue weighted by atomic mass is 10.3. The maximum atomic E-state index is 12.0. The van der Waals surface area contributed by atoms with Crippen LogP contribution in [0.15, 0.2) is 0 Å². The standard InChI is InChI=1S/C14H22N4O5/c1-4-6-15-11(20)9(3)16-10(19)8-18-13(22)12(21)17(7-5-2)14(18)23/h9H,4-8H2,1-3H3,(H,15,20)(H,16,19)/t9-/m1/s1. The normalized spacial score (nSPS) is 15.9. The van der Waals surface area contributed by atoms with Crippen molar-refractivity contribution in [1.82, 2.24) is 20.4 Å². The molecule has 1 aliphatic rings. The highest BCUT2D eigenvalue weighted by Crippen LogP contribution is 2.12. The van der Waals surface area contributed by atoms with E-state index >= 15 is 0 Å². The fourth-order valence-corrected chi connectivity index (χ4v) is 2.01. The van der Waals surface area contributed by atoms with Gasteiger partial charge in [0, 0.05) is 13.1 Å². The molecule has 9 nitrogen and oxygen atoms in total. The number of amides is 6. The van der Waals surface area contributed by atoms with Crippen LogP contribution in [0.3, 0.4) is 0 Å². The first-order chi connectivity index (χ1) is 10.8. The van der Waals surface area contributed by atoms with Gasteiger partial charge in [0.2, 0.25) is 11.8 Å². The van der Waals surface area contributed by atoms with Gasteiger partial charge in [-0.25, -0.2) is 9.69 Å². The van der Waals surface area contributed by atoms with E-state index in [0.29, 0.717) is 17.9 Å². The van der Waals surface area contributed by atoms with Crippen LogP contribution in [-0.4, -0.2) is 65.1 Å². The number of hydrogen-bond donors (Lipinski definition) is 2. The Hall–Kier alpha value is -2.45. The zero-order chi connectivity index (χ0) is 17.6. The van der Waals surface area contributed by atoms with Crippen molar-refractivity contribution in [3.05, 3.63) is 0 Å². The maximum Gasteiger partial charge on any atom is 0.334 e. The van der Waals surface area contributed by atoms with Crippen LogP contribution in [0.4, 0.5) is 4.79 Å². The molecule has 0 radical (unpaired) electrons. The van der Waals surface area contributed by atoms with Crippen molar-refractivity contribution in [2.45, 2.75) is 39.7 Å². The van der Waals surface area contributed by atoms with Crippen molar-refractivity contribution in [3.63, 3.8) is 0 Å². The number of carbonyl (C=O) groups excluding carboxylic acids is 5. The monoisotopic (exact) mass is 326 g/mol. The average molecular weight is 326 g/mol. The molecule has 23 heavy (non-hydrogen) atoms. The third kappa shape index (κ3) is 4.51. The third-order valence-corrected chi connectivity index (χ3v) is 3.20. The molecule has 9 heteroatoms. The van der Waals surface area contributed by atoms with Crippen LogP contribution in [-0.2, 0) is 19.2 Å². The zero-order valence-electron chi connectivity index (χ0n) is 13.5. The molecule has 1 atom stereocenters. The number of hydrogen-bond acceptors (Lipinski definition) is 5. The minimum atomic E-state index is -1.03. The lowest BCUT2D eigenvalue weighted by Crippen LogP contribution is -2.49.